The van der Waals surface area contributed by atoms with Crippen LogP contribution in [-0.2, 0) is 14.8 Å². The van der Waals surface area contributed by atoms with Crippen molar-refractivity contribution in [1.82, 2.24) is 19.8 Å². The van der Waals surface area contributed by atoms with Crippen LogP contribution < -0.4 is 14.8 Å². The van der Waals surface area contributed by atoms with E-state index < -0.39 is 22.1 Å². The third-order valence-electron chi connectivity index (χ3n) is 4.90. The normalized spacial score (nSPS) is 16.3. The number of likely N-dealkylation sites (N-methyl/N-ethyl adjacent to an activating group) is 1. The van der Waals surface area contributed by atoms with Gasteiger partial charge in [0.2, 0.25) is 15.9 Å². The number of benzene rings is 1. The summed E-state index contributed by atoms with van der Waals surface area (Å²) in [6, 6.07) is 3.83. The second kappa shape index (κ2) is 11.7. The van der Waals surface area contributed by atoms with Crippen molar-refractivity contribution in [2.24, 2.45) is 0 Å². The number of ether oxygens (including phenoxy) is 1. The Morgan fingerprint density at radius 1 is 1.06 bits per heavy atom. The zero-order valence-corrected chi connectivity index (χ0v) is 18.3. The molecule has 1 aromatic rings. The SMILES string of the molecule is CCN1CCN(CCCNC(=O)CCNS(=O)(=O)c2ccc(OC(F)(F)F)cc2)CC1. The zero-order valence-electron chi connectivity index (χ0n) is 17.5. The maximum absolute atomic E-state index is 12.2. The fourth-order valence-electron chi connectivity index (χ4n) is 3.15. The number of hydrogen-bond donors (Lipinski definition) is 2. The van der Waals surface area contributed by atoms with Gasteiger partial charge in [-0.25, -0.2) is 13.1 Å². The van der Waals surface area contributed by atoms with E-state index in [0.717, 1.165) is 70.0 Å². The molecule has 1 amide bonds. The lowest BCUT2D eigenvalue weighted by Crippen LogP contribution is -2.46. The van der Waals surface area contributed by atoms with Crippen molar-refractivity contribution >= 4 is 15.9 Å². The van der Waals surface area contributed by atoms with Crippen molar-refractivity contribution < 1.29 is 31.1 Å². The first kappa shape index (κ1) is 25.4. The number of halogens is 3. The average Bonchev–Trinajstić information content (AvgIpc) is 2.71. The van der Waals surface area contributed by atoms with Gasteiger partial charge >= 0.3 is 6.36 Å². The molecule has 1 aliphatic rings. The molecular formula is C19H29F3N4O4S. The zero-order chi connectivity index (χ0) is 22.9. The molecule has 176 valence electrons. The lowest BCUT2D eigenvalue weighted by atomic mass is 10.3. The fourth-order valence-corrected chi connectivity index (χ4v) is 4.18. The standard InChI is InChI=1S/C19H29F3N4O4S/c1-2-25-12-14-26(15-13-25)11-3-9-23-18(27)8-10-24-31(28,29)17-6-4-16(5-7-17)30-19(20,21)22/h4-7,24H,2-3,8-15H2,1H3,(H,23,27). The van der Waals surface area contributed by atoms with Gasteiger partial charge in [-0.1, -0.05) is 6.92 Å². The molecule has 0 aliphatic carbocycles. The minimum Gasteiger partial charge on any atom is -0.406 e. The monoisotopic (exact) mass is 466 g/mol. The number of alkyl halides is 3. The number of carbonyl (C=O) groups is 1. The van der Waals surface area contributed by atoms with E-state index in [9.17, 15) is 26.4 Å². The number of hydrogen-bond acceptors (Lipinski definition) is 6. The van der Waals surface area contributed by atoms with E-state index >= 15 is 0 Å². The number of sulfonamides is 1. The smallest absolute Gasteiger partial charge is 0.406 e. The molecule has 1 fully saturated rings. The highest BCUT2D eigenvalue weighted by Crippen LogP contribution is 2.23. The summed E-state index contributed by atoms with van der Waals surface area (Å²) in [5, 5.41) is 2.76. The number of rotatable bonds is 11. The van der Waals surface area contributed by atoms with E-state index in [4.69, 9.17) is 0 Å². The molecule has 0 spiro atoms. The Balaban J connectivity index is 1.63. The van der Waals surface area contributed by atoms with Gasteiger partial charge in [0.05, 0.1) is 4.90 Å². The van der Waals surface area contributed by atoms with Gasteiger partial charge in [0.15, 0.2) is 0 Å². The Bertz CT molecular complexity index is 795. The molecule has 31 heavy (non-hydrogen) atoms. The average molecular weight is 467 g/mol. The second-order valence-corrected chi connectivity index (χ2v) is 8.91. The van der Waals surface area contributed by atoms with Crippen molar-refractivity contribution in [2.45, 2.75) is 31.0 Å². The lowest BCUT2D eigenvalue weighted by Gasteiger charge is -2.33. The number of carbonyl (C=O) groups excluding carboxylic acids is 1. The first-order valence-electron chi connectivity index (χ1n) is 10.2. The Hall–Kier alpha value is -1.89. The summed E-state index contributed by atoms with van der Waals surface area (Å²) in [5.74, 6) is -0.787. The fraction of sp³-hybridized carbons (Fsp3) is 0.632. The molecule has 1 saturated heterocycles. The summed E-state index contributed by atoms with van der Waals surface area (Å²) in [6.45, 7) is 8.66. The van der Waals surface area contributed by atoms with Gasteiger partial charge in [-0.05, 0) is 43.8 Å². The predicted octanol–water partition coefficient (Wildman–Crippen LogP) is 1.40. The van der Waals surface area contributed by atoms with Crippen LogP contribution in [0.3, 0.4) is 0 Å². The highest BCUT2D eigenvalue weighted by molar-refractivity contribution is 7.89. The number of piperazine rings is 1. The van der Waals surface area contributed by atoms with Gasteiger partial charge in [0, 0.05) is 45.7 Å². The molecule has 1 aliphatic heterocycles. The first-order chi connectivity index (χ1) is 14.6. The van der Waals surface area contributed by atoms with E-state index in [1.54, 1.807) is 0 Å². The van der Waals surface area contributed by atoms with Gasteiger partial charge in [0.1, 0.15) is 5.75 Å². The first-order valence-corrected chi connectivity index (χ1v) is 11.6. The quantitative estimate of drug-likeness (QED) is 0.479. The summed E-state index contributed by atoms with van der Waals surface area (Å²) in [6.07, 6.45) is -4.07. The third kappa shape index (κ3) is 9.42. The molecule has 2 N–H and O–H groups in total. The summed E-state index contributed by atoms with van der Waals surface area (Å²) < 4.78 is 66.8. The molecular weight excluding hydrogens is 437 g/mol. The maximum atomic E-state index is 12.2. The highest BCUT2D eigenvalue weighted by Gasteiger charge is 2.31. The summed E-state index contributed by atoms with van der Waals surface area (Å²) in [7, 11) is -3.94. The molecule has 8 nitrogen and oxygen atoms in total. The molecule has 0 aromatic heterocycles. The van der Waals surface area contributed by atoms with E-state index in [-0.39, 0.29) is 23.8 Å². The van der Waals surface area contributed by atoms with Crippen LogP contribution in [0.1, 0.15) is 19.8 Å². The molecule has 1 heterocycles. The van der Waals surface area contributed by atoms with Crippen molar-refractivity contribution in [2.75, 3.05) is 52.4 Å². The molecule has 0 radical (unpaired) electrons. The Kier molecular flexibility index (Phi) is 9.54. The summed E-state index contributed by atoms with van der Waals surface area (Å²) in [5.41, 5.74) is 0. The van der Waals surface area contributed by atoms with Crippen molar-refractivity contribution in [3.63, 3.8) is 0 Å². The molecule has 12 heteroatoms. The summed E-state index contributed by atoms with van der Waals surface area (Å²) >= 11 is 0. The maximum Gasteiger partial charge on any atom is 0.573 e. The molecule has 0 bridgehead atoms. The van der Waals surface area contributed by atoms with Crippen molar-refractivity contribution in [3.05, 3.63) is 24.3 Å². The van der Waals surface area contributed by atoms with Crippen molar-refractivity contribution in [3.8, 4) is 5.75 Å². The van der Waals surface area contributed by atoms with Crippen LogP contribution in [0.4, 0.5) is 13.2 Å². The molecule has 0 unspecified atom stereocenters. The van der Waals surface area contributed by atoms with Crippen LogP contribution in [0.25, 0.3) is 0 Å². The minimum absolute atomic E-state index is 0.0380. The van der Waals surface area contributed by atoms with Crippen LogP contribution in [-0.4, -0.2) is 82.8 Å². The van der Waals surface area contributed by atoms with Gasteiger partial charge in [-0.15, -0.1) is 13.2 Å². The Labute approximate surface area is 180 Å². The second-order valence-electron chi connectivity index (χ2n) is 7.15. The summed E-state index contributed by atoms with van der Waals surface area (Å²) in [4.78, 5) is 16.4. The largest absolute Gasteiger partial charge is 0.573 e. The van der Waals surface area contributed by atoms with Crippen LogP contribution in [0.2, 0.25) is 0 Å². The van der Waals surface area contributed by atoms with E-state index in [1.165, 1.54) is 0 Å². The molecule has 0 atom stereocenters. The van der Waals surface area contributed by atoms with E-state index in [0.29, 0.717) is 6.54 Å². The molecule has 2 rings (SSSR count). The topological polar surface area (TPSA) is 91.0 Å². The van der Waals surface area contributed by atoms with Gasteiger partial charge in [-0.2, -0.15) is 0 Å². The van der Waals surface area contributed by atoms with E-state index in [1.807, 2.05) is 0 Å². The molecule has 1 aromatic carbocycles. The predicted molar refractivity (Wildman–Crippen MR) is 109 cm³/mol. The highest BCUT2D eigenvalue weighted by atomic mass is 32.2. The van der Waals surface area contributed by atoms with Gasteiger partial charge < -0.3 is 19.9 Å². The van der Waals surface area contributed by atoms with Gasteiger partial charge in [-0.3, -0.25) is 4.79 Å². The molecule has 0 saturated carbocycles. The number of amides is 1. The number of nitrogens with one attached hydrogen (secondary N) is 2. The van der Waals surface area contributed by atoms with Crippen molar-refractivity contribution in [1.29, 1.82) is 0 Å². The van der Waals surface area contributed by atoms with Crippen LogP contribution in [0.5, 0.6) is 5.75 Å². The third-order valence-corrected chi connectivity index (χ3v) is 6.37. The van der Waals surface area contributed by atoms with Crippen LogP contribution in [0, 0.1) is 0 Å². The van der Waals surface area contributed by atoms with Crippen LogP contribution >= 0.6 is 0 Å². The Morgan fingerprint density at radius 3 is 2.26 bits per heavy atom. The Morgan fingerprint density at radius 2 is 1.68 bits per heavy atom. The number of nitrogens with zero attached hydrogens (tertiary/aromatic N) is 2. The van der Waals surface area contributed by atoms with E-state index in [2.05, 4.69) is 31.5 Å². The lowest BCUT2D eigenvalue weighted by molar-refractivity contribution is -0.274. The van der Waals surface area contributed by atoms with Crippen LogP contribution in [0.15, 0.2) is 29.2 Å². The minimum atomic E-state index is -4.85. The van der Waals surface area contributed by atoms with Gasteiger partial charge in [0.25, 0.3) is 0 Å².